The maximum Gasteiger partial charge on any atom is 0.430 e. The van der Waals surface area contributed by atoms with Gasteiger partial charge < -0.3 is 10.0 Å². The quantitative estimate of drug-likeness (QED) is 0.726. The summed E-state index contributed by atoms with van der Waals surface area (Å²) >= 11 is 0. The lowest BCUT2D eigenvalue weighted by Gasteiger charge is -2.34. The summed E-state index contributed by atoms with van der Waals surface area (Å²) in [4.78, 5) is 13.1. The standard InChI is InChI=1S/C20H20F6N4O/c21-19(22,23)18(31,20(24,25)26)15-3-1-13(2-4-15)14-11-27-17(28-12-14)30-9-7-29(8-10-30)16-5-6-16/h1-4,11-12,16,31H,5-10H2. The SMILES string of the molecule is OC(c1ccc(-c2cnc(N3CCN(C4CC4)CC3)nc2)cc1)(C(F)(F)F)C(F)(F)F. The van der Waals surface area contributed by atoms with Crippen molar-refractivity contribution in [3.63, 3.8) is 0 Å². The molecule has 1 aliphatic carbocycles. The van der Waals surface area contributed by atoms with Crippen molar-refractivity contribution in [2.45, 2.75) is 36.8 Å². The number of halogens is 6. The highest BCUT2D eigenvalue weighted by Gasteiger charge is 2.71. The third kappa shape index (κ3) is 4.08. The number of alkyl halides is 6. The average Bonchev–Trinajstić information content (AvgIpc) is 3.57. The molecule has 1 saturated carbocycles. The molecule has 0 spiro atoms. The first-order valence-corrected chi connectivity index (χ1v) is 9.78. The largest absolute Gasteiger partial charge is 0.430 e. The van der Waals surface area contributed by atoms with E-state index in [9.17, 15) is 31.4 Å². The molecule has 5 nitrogen and oxygen atoms in total. The lowest BCUT2D eigenvalue weighted by molar-refractivity contribution is -0.376. The summed E-state index contributed by atoms with van der Waals surface area (Å²) in [6.07, 6.45) is -6.39. The van der Waals surface area contributed by atoms with Gasteiger partial charge in [-0.1, -0.05) is 24.3 Å². The van der Waals surface area contributed by atoms with Crippen LogP contribution in [0.3, 0.4) is 0 Å². The Labute approximate surface area is 174 Å². The van der Waals surface area contributed by atoms with Gasteiger partial charge in [-0.2, -0.15) is 26.3 Å². The number of nitrogens with zero attached hydrogens (tertiary/aromatic N) is 4. The zero-order valence-electron chi connectivity index (χ0n) is 16.3. The van der Waals surface area contributed by atoms with Gasteiger partial charge >= 0.3 is 12.4 Å². The van der Waals surface area contributed by atoms with Crippen molar-refractivity contribution in [1.82, 2.24) is 14.9 Å². The number of hydrogen-bond donors (Lipinski definition) is 1. The van der Waals surface area contributed by atoms with E-state index in [4.69, 9.17) is 0 Å². The van der Waals surface area contributed by atoms with E-state index < -0.39 is 23.5 Å². The molecular weight excluding hydrogens is 426 g/mol. The highest BCUT2D eigenvalue weighted by atomic mass is 19.4. The first-order chi connectivity index (χ1) is 14.5. The minimum atomic E-state index is -5.92. The van der Waals surface area contributed by atoms with Gasteiger partial charge in [0.1, 0.15) is 0 Å². The number of hydrogen-bond acceptors (Lipinski definition) is 5. The van der Waals surface area contributed by atoms with Gasteiger partial charge in [0.25, 0.3) is 5.60 Å². The van der Waals surface area contributed by atoms with Gasteiger partial charge in [-0.25, -0.2) is 9.97 Å². The maximum absolute atomic E-state index is 13.0. The molecule has 0 atom stereocenters. The summed E-state index contributed by atoms with van der Waals surface area (Å²) in [7, 11) is 0. The minimum absolute atomic E-state index is 0.334. The molecule has 1 saturated heterocycles. The minimum Gasteiger partial charge on any atom is -0.369 e. The first kappa shape index (κ1) is 21.8. The molecule has 1 aromatic heterocycles. The van der Waals surface area contributed by atoms with E-state index in [0.717, 1.165) is 38.3 Å². The number of rotatable bonds is 4. The Morgan fingerprint density at radius 2 is 1.29 bits per heavy atom. The number of aliphatic hydroxyl groups is 1. The molecule has 2 aliphatic rings. The molecule has 2 fully saturated rings. The summed E-state index contributed by atoms with van der Waals surface area (Å²) in [6.45, 7) is 3.44. The van der Waals surface area contributed by atoms with Crippen molar-refractivity contribution in [2.75, 3.05) is 31.1 Å². The zero-order valence-corrected chi connectivity index (χ0v) is 16.3. The molecule has 1 aliphatic heterocycles. The molecule has 31 heavy (non-hydrogen) atoms. The van der Waals surface area contributed by atoms with E-state index in [-0.39, 0.29) is 0 Å². The lowest BCUT2D eigenvalue weighted by atomic mass is 9.91. The Hall–Kier alpha value is -2.40. The van der Waals surface area contributed by atoms with E-state index >= 15 is 0 Å². The second-order valence-electron chi connectivity index (χ2n) is 7.81. The van der Waals surface area contributed by atoms with Crippen LogP contribution in [-0.2, 0) is 5.60 Å². The summed E-state index contributed by atoms with van der Waals surface area (Å²) in [5.41, 5.74) is -5.47. The van der Waals surface area contributed by atoms with Crippen molar-refractivity contribution >= 4 is 5.95 Å². The lowest BCUT2D eigenvalue weighted by Crippen LogP contribution is -2.53. The second kappa shape index (κ2) is 7.63. The predicted molar refractivity (Wildman–Crippen MR) is 100 cm³/mol. The number of piperazine rings is 1. The fraction of sp³-hybridized carbons (Fsp3) is 0.500. The van der Waals surface area contributed by atoms with Crippen molar-refractivity contribution in [3.05, 3.63) is 42.2 Å². The third-order valence-corrected chi connectivity index (χ3v) is 5.76. The molecule has 2 heterocycles. The smallest absolute Gasteiger partial charge is 0.369 e. The van der Waals surface area contributed by atoms with Crippen molar-refractivity contribution in [3.8, 4) is 11.1 Å². The molecule has 11 heteroatoms. The Kier molecular flexibility index (Phi) is 5.37. The van der Waals surface area contributed by atoms with Crippen LogP contribution in [0.25, 0.3) is 11.1 Å². The van der Waals surface area contributed by atoms with Crippen LogP contribution >= 0.6 is 0 Å². The van der Waals surface area contributed by atoms with Crippen LogP contribution < -0.4 is 4.90 Å². The van der Waals surface area contributed by atoms with Crippen LogP contribution in [0.1, 0.15) is 18.4 Å². The van der Waals surface area contributed by atoms with Crippen LogP contribution in [0.5, 0.6) is 0 Å². The molecule has 4 rings (SSSR count). The van der Waals surface area contributed by atoms with Crippen LogP contribution in [0.2, 0.25) is 0 Å². The van der Waals surface area contributed by atoms with E-state index in [2.05, 4.69) is 14.9 Å². The van der Waals surface area contributed by atoms with E-state index in [1.54, 1.807) is 0 Å². The van der Waals surface area contributed by atoms with Crippen molar-refractivity contribution in [2.24, 2.45) is 0 Å². The highest BCUT2D eigenvalue weighted by Crippen LogP contribution is 2.50. The zero-order chi connectivity index (χ0) is 22.4. The average molecular weight is 446 g/mol. The van der Waals surface area contributed by atoms with Gasteiger partial charge in [-0.3, -0.25) is 4.90 Å². The molecule has 1 aromatic carbocycles. The maximum atomic E-state index is 13.0. The Balaban J connectivity index is 1.49. The molecule has 2 aromatic rings. The monoisotopic (exact) mass is 446 g/mol. The van der Waals surface area contributed by atoms with Crippen molar-refractivity contribution < 1.29 is 31.4 Å². The Morgan fingerprint density at radius 1 is 0.774 bits per heavy atom. The van der Waals surface area contributed by atoms with Gasteiger partial charge in [-0.15, -0.1) is 0 Å². The molecule has 168 valence electrons. The molecule has 0 amide bonds. The summed E-state index contributed by atoms with van der Waals surface area (Å²) in [5.74, 6) is 0.527. The van der Waals surface area contributed by atoms with Gasteiger partial charge in [0, 0.05) is 55.7 Å². The third-order valence-electron chi connectivity index (χ3n) is 5.76. The summed E-state index contributed by atoms with van der Waals surface area (Å²) in [5, 5.41) is 9.47. The summed E-state index contributed by atoms with van der Waals surface area (Å²) in [6, 6.07) is 4.07. The van der Waals surface area contributed by atoms with E-state index in [1.807, 2.05) is 4.90 Å². The van der Waals surface area contributed by atoms with E-state index in [1.165, 1.54) is 25.2 Å². The fourth-order valence-electron chi connectivity index (χ4n) is 3.75. The van der Waals surface area contributed by atoms with Crippen LogP contribution in [0, 0.1) is 0 Å². The van der Waals surface area contributed by atoms with E-state index in [0.29, 0.717) is 35.2 Å². The van der Waals surface area contributed by atoms with Crippen LogP contribution in [0.15, 0.2) is 36.7 Å². The van der Waals surface area contributed by atoms with Gasteiger partial charge in [0.15, 0.2) is 0 Å². The normalized spacial score (nSPS) is 19.0. The number of aromatic nitrogens is 2. The fourth-order valence-corrected chi connectivity index (χ4v) is 3.75. The second-order valence-corrected chi connectivity index (χ2v) is 7.81. The summed E-state index contributed by atoms with van der Waals surface area (Å²) < 4.78 is 78.0. The molecular formula is C20H20F6N4O. The number of benzene rings is 1. The molecule has 0 bridgehead atoms. The number of anilines is 1. The van der Waals surface area contributed by atoms with Gasteiger partial charge in [-0.05, 0) is 18.4 Å². The Morgan fingerprint density at radius 3 is 1.74 bits per heavy atom. The molecule has 1 N–H and O–H groups in total. The van der Waals surface area contributed by atoms with Crippen LogP contribution in [0.4, 0.5) is 32.3 Å². The first-order valence-electron chi connectivity index (χ1n) is 9.78. The van der Waals surface area contributed by atoms with Crippen molar-refractivity contribution in [1.29, 1.82) is 0 Å². The van der Waals surface area contributed by atoms with Gasteiger partial charge in [0.2, 0.25) is 5.95 Å². The highest BCUT2D eigenvalue weighted by molar-refractivity contribution is 5.62. The topological polar surface area (TPSA) is 52.5 Å². The van der Waals surface area contributed by atoms with Gasteiger partial charge in [0.05, 0.1) is 0 Å². The van der Waals surface area contributed by atoms with Crippen LogP contribution in [-0.4, -0.2) is 64.5 Å². The molecule has 0 unspecified atom stereocenters. The molecule has 0 radical (unpaired) electrons. The Bertz CT molecular complexity index is 887. The predicted octanol–water partition coefficient (Wildman–Crippen LogP) is 3.74.